The Morgan fingerprint density at radius 2 is 1.77 bits per heavy atom. The maximum Gasteiger partial charge on any atom is 0.410 e. The number of aliphatic hydroxyl groups is 1. The van der Waals surface area contributed by atoms with Crippen molar-refractivity contribution in [2.24, 2.45) is 0 Å². The van der Waals surface area contributed by atoms with Crippen LogP contribution in [0.25, 0.3) is 0 Å². The van der Waals surface area contributed by atoms with Gasteiger partial charge in [0.05, 0.1) is 6.10 Å². The van der Waals surface area contributed by atoms with Crippen LogP contribution in [-0.4, -0.2) is 46.4 Å². The lowest BCUT2D eigenvalue weighted by atomic mass is 9.84. The highest BCUT2D eigenvalue weighted by Gasteiger charge is 2.41. The van der Waals surface area contributed by atoms with E-state index in [4.69, 9.17) is 9.47 Å². The Balaban J connectivity index is 2.05. The smallest absolute Gasteiger partial charge is 0.410 e. The molecule has 1 aliphatic rings. The number of amides is 1. The third-order valence-corrected chi connectivity index (χ3v) is 4.44. The molecule has 1 aromatic carbocycles. The van der Waals surface area contributed by atoms with Crippen LogP contribution in [0, 0.1) is 0 Å². The van der Waals surface area contributed by atoms with E-state index < -0.39 is 17.3 Å². The largest absolute Gasteiger partial charge is 0.459 e. The van der Waals surface area contributed by atoms with Crippen LogP contribution in [0.1, 0.15) is 58.6 Å². The fourth-order valence-electron chi connectivity index (χ4n) is 3.22. The Bertz CT molecular complexity index is 615. The van der Waals surface area contributed by atoms with Crippen molar-refractivity contribution in [2.75, 3.05) is 13.1 Å². The van der Waals surface area contributed by atoms with E-state index in [2.05, 4.69) is 0 Å². The molecule has 6 heteroatoms. The minimum Gasteiger partial charge on any atom is -0.459 e. The zero-order valence-electron chi connectivity index (χ0n) is 16.0. The first-order valence-corrected chi connectivity index (χ1v) is 9.01. The Morgan fingerprint density at radius 1 is 1.19 bits per heavy atom. The molecule has 1 aliphatic heterocycles. The lowest BCUT2D eigenvalue weighted by molar-refractivity contribution is -0.166. The average Bonchev–Trinajstić information content (AvgIpc) is 2.54. The van der Waals surface area contributed by atoms with E-state index in [1.807, 2.05) is 51.1 Å². The summed E-state index contributed by atoms with van der Waals surface area (Å²) in [6, 6.07) is 9.31. The van der Waals surface area contributed by atoms with Gasteiger partial charge in [-0.25, -0.2) is 4.79 Å². The lowest BCUT2D eigenvalue weighted by Crippen LogP contribution is -2.50. The van der Waals surface area contributed by atoms with Gasteiger partial charge in [0.25, 0.3) is 0 Å². The van der Waals surface area contributed by atoms with Crippen LogP contribution in [0.2, 0.25) is 0 Å². The van der Waals surface area contributed by atoms with Gasteiger partial charge in [-0.05, 0) is 26.3 Å². The quantitative estimate of drug-likeness (QED) is 0.829. The molecule has 1 aromatic rings. The van der Waals surface area contributed by atoms with E-state index in [1.54, 1.807) is 4.90 Å². The number of hydrogen-bond donors (Lipinski definition) is 1. The van der Waals surface area contributed by atoms with Crippen molar-refractivity contribution in [3.8, 4) is 0 Å². The number of hydrogen-bond acceptors (Lipinski definition) is 5. The molecule has 6 nitrogen and oxygen atoms in total. The summed E-state index contributed by atoms with van der Waals surface area (Å²) in [5, 5.41) is 10.6. The van der Waals surface area contributed by atoms with E-state index >= 15 is 0 Å². The van der Waals surface area contributed by atoms with Gasteiger partial charge in [-0.3, -0.25) is 4.79 Å². The van der Waals surface area contributed by atoms with Crippen molar-refractivity contribution in [2.45, 2.75) is 64.3 Å². The summed E-state index contributed by atoms with van der Waals surface area (Å²) in [6.07, 6.45) is 0.144. The normalized spacial score (nSPS) is 18.1. The van der Waals surface area contributed by atoms with Crippen molar-refractivity contribution >= 4 is 12.1 Å². The lowest BCUT2D eigenvalue weighted by Gasteiger charge is -2.42. The maximum atomic E-state index is 12.2. The molecule has 1 heterocycles. The second-order valence-electron chi connectivity index (χ2n) is 7.87. The SMILES string of the molecule is CC(=O)OC1(CC(O)c2ccccc2)CCN(C(=O)OC(C)(C)C)CC1. The number of benzene rings is 1. The average molecular weight is 363 g/mol. The predicted octanol–water partition coefficient (Wildman–Crippen LogP) is 3.44. The highest BCUT2D eigenvalue weighted by molar-refractivity contribution is 5.68. The summed E-state index contributed by atoms with van der Waals surface area (Å²) in [5.41, 5.74) is -0.543. The summed E-state index contributed by atoms with van der Waals surface area (Å²) in [5.74, 6) is -0.379. The molecule has 1 fully saturated rings. The predicted molar refractivity (Wildman–Crippen MR) is 97.6 cm³/mol. The van der Waals surface area contributed by atoms with Gasteiger partial charge in [0.15, 0.2) is 0 Å². The minimum atomic E-state index is -0.778. The maximum absolute atomic E-state index is 12.2. The third kappa shape index (κ3) is 5.73. The molecule has 0 aliphatic carbocycles. The zero-order valence-corrected chi connectivity index (χ0v) is 16.0. The molecular formula is C20H29NO5. The molecule has 0 radical (unpaired) electrons. The highest BCUT2D eigenvalue weighted by atomic mass is 16.6. The fraction of sp³-hybridized carbons (Fsp3) is 0.600. The minimum absolute atomic E-state index is 0.304. The summed E-state index contributed by atoms with van der Waals surface area (Å²) >= 11 is 0. The van der Waals surface area contributed by atoms with Gasteiger partial charge < -0.3 is 19.5 Å². The van der Waals surface area contributed by atoms with Gasteiger partial charge in [0.2, 0.25) is 0 Å². The van der Waals surface area contributed by atoms with Crippen molar-refractivity contribution in [1.29, 1.82) is 0 Å². The molecule has 0 bridgehead atoms. The van der Waals surface area contributed by atoms with Crippen molar-refractivity contribution < 1.29 is 24.2 Å². The Labute approximate surface area is 155 Å². The van der Waals surface area contributed by atoms with Gasteiger partial charge in [0, 0.05) is 39.3 Å². The van der Waals surface area contributed by atoms with Gasteiger partial charge in [-0.15, -0.1) is 0 Å². The Morgan fingerprint density at radius 3 is 2.27 bits per heavy atom. The first kappa shape index (κ1) is 20.2. The molecule has 0 spiro atoms. The number of likely N-dealkylation sites (tertiary alicyclic amines) is 1. The van der Waals surface area contributed by atoms with Gasteiger partial charge >= 0.3 is 12.1 Å². The summed E-state index contributed by atoms with van der Waals surface area (Å²) in [6.45, 7) is 7.70. The molecule has 0 aromatic heterocycles. The second-order valence-corrected chi connectivity index (χ2v) is 7.87. The van der Waals surface area contributed by atoms with Crippen LogP contribution in [-0.2, 0) is 14.3 Å². The van der Waals surface area contributed by atoms with Crippen LogP contribution in [0.4, 0.5) is 4.79 Å². The van der Waals surface area contributed by atoms with Crippen molar-refractivity contribution in [3.63, 3.8) is 0 Å². The molecule has 0 saturated carbocycles. The van der Waals surface area contributed by atoms with E-state index in [1.165, 1.54) is 6.92 Å². The number of nitrogens with zero attached hydrogens (tertiary/aromatic N) is 1. The number of esters is 1. The molecular weight excluding hydrogens is 334 g/mol. The Kier molecular flexibility index (Phi) is 6.29. The van der Waals surface area contributed by atoms with E-state index in [0.29, 0.717) is 32.4 Å². The van der Waals surface area contributed by atoms with Crippen LogP contribution in [0.15, 0.2) is 30.3 Å². The summed E-state index contributed by atoms with van der Waals surface area (Å²) < 4.78 is 11.0. The molecule has 1 N–H and O–H groups in total. The standard InChI is InChI=1S/C20H29NO5/c1-15(22)25-20(14-17(23)16-8-6-5-7-9-16)10-12-21(13-11-20)18(24)26-19(2,3)4/h5-9,17,23H,10-14H2,1-4H3. The van der Waals surface area contributed by atoms with Crippen LogP contribution < -0.4 is 0 Å². The first-order chi connectivity index (χ1) is 12.1. The van der Waals surface area contributed by atoms with Gasteiger partial charge in [-0.1, -0.05) is 30.3 Å². The van der Waals surface area contributed by atoms with E-state index in [0.717, 1.165) is 5.56 Å². The third-order valence-electron chi connectivity index (χ3n) is 4.44. The van der Waals surface area contributed by atoms with Crippen LogP contribution in [0.3, 0.4) is 0 Å². The fourth-order valence-corrected chi connectivity index (χ4v) is 3.22. The number of carbonyl (C=O) groups excluding carboxylic acids is 2. The summed E-state index contributed by atoms with van der Waals surface area (Å²) in [7, 11) is 0. The molecule has 1 amide bonds. The topological polar surface area (TPSA) is 76.1 Å². The van der Waals surface area contributed by atoms with E-state index in [-0.39, 0.29) is 12.1 Å². The van der Waals surface area contributed by atoms with Crippen LogP contribution in [0.5, 0.6) is 0 Å². The molecule has 1 atom stereocenters. The second kappa shape index (κ2) is 8.08. The monoisotopic (exact) mass is 363 g/mol. The molecule has 26 heavy (non-hydrogen) atoms. The van der Waals surface area contributed by atoms with Gasteiger partial charge in [-0.2, -0.15) is 0 Å². The Hall–Kier alpha value is -2.08. The number of aliphatic hydroxyl groups excluding tert-OH is 1. The van der Waals surface area contributed by atoms with Crippen molar-refractivity contribution in [3.05, 3.63) is 35.9 Å². The van der Waals surface area contributed by atoms with Crippen LogP contribution >= 0.6 is 0 Å². The number of rotatable bonds is 4. The van der Waals surface area contributed by atoms with E-state index in [9.17, 15) is 14.7 Å². The number of piperidine rings is 1. The number of carbonyl (C=O) groups is 2. The van der Waals surface area contributed by atoms with Crippen molar-refractivity contribution in [1.82, 2.24) is 4.90 Å². The number of ether oxygens (including phenoxy) is 2. The highest BCUT2D eigenvalue weighted by Crippen LogP contribution is 2.36. The zero-order chi connectivity index (χ0) is 19.4. The molecule has 1 unspecified atom stereocenters. The first-order valence-electron chi connectivity index (χ1n) is 9.01. The summed E-state index contributed by atoms with van der Waals surface area (Å²) in [4.78, 5) is 25.5. The molecule has 2 rings (SSSR count). The molecule has 1 saturated heterocycles. The van der Waals surface area contributed by atoms with Gasteiger partial charge in [0.1, 0.15) is 11.2 Å². The molecule has 144 valence electrons.